The summed E-state index contributed by atoms with van der Waals surface area (Å²) in [6, 6.07) is 1.94. The van der Waals surface area contributed by atoms with Crippen LogP contribution in [0.1, 0.15) is 42.5 Å². The third-order valence-corrected chi connectivity index (χ3v) is 5.09. The number of rotatable bonds is 4. The van der Waals surface area contributed by atoms with Gasteiger partial charge in [0.2, 0.25) is 0 Å². The first-order chi connectivity index (χ1) is 11.7. The Morgan fingerprint density at radius 1 is 1.28 bits per heavy atom. The molecule has 0 aromatic carbocycles. The molecule has 4 rings (SSSR count). The van der Waals surface area contributed by atoms with Crippen LogP contribution in [0.2, 0.25) is 0 Å². The molecule has 3 heterocycles. The Hall–Kier alpha value is -1.84. The zero-order valence-electron chi connectivity index (χ0n) is 13.7. The number of H-pyrrole nitrogens is 1. The average Bonchev–Trinajstić information content (AvgIpc) is 2.53. The standard InChI is InChI=1S/C17H19N5O2.HI/c23-16-13(9-19-15(21-16)14-4-6-18-10-20-14)17(24)22-7-5-12(22)8-11-2-1-3-11;/h4,6,9-12H,1-3,5,7-8H2,(H,19,21,23);1H. The van der Waals surface area contributed by atoms with E-state index in [2.05, 4.69) is 19.9 Å². The van der Waals surface area contributed by atoms with Crippen LogP contribution in [0.15, 0.2) is 29.6 Å². The second-order valence-corrected chi connectivity index (χ2v) is 6.54. The maximum absolute atomic E-state index is 12.6. The van der Waals surface area contributed by atoms with Gasteiger partial charge in [0.05, 0.1) is 0 Å². The molecule has 8 heteroatoms. The number of aromatic amines is 1. The summed E-state index contributed by atoms with van der Waals surface area (Å²) in [6.45, 7) is 0.726. The molecule has 1 saturated carbocycles. The number of carbonyl (C=O) groups is 1. The molecule has 1 amide bonds. The molecule has 132 valence electrons. The number of nitrogens with zero attached hydrogens (tertiary/aromatic N) is 4. The summed E-state index contributed by atoms with van der Waals surface area (Å²) in [6.07, 6.45) is 10.3. The second-order valence-electron chi connectivity index (χ2n) is 6.54. The third-order valence-electron chi connectivity index (χ3n) is 5.09. The fraction of sp³-hybridized carbons (Fsp3) is 0.471. The molecule has 1 atom stereocenters. The van der Waals surface area contributed by atoms with Crippen LogP contribution in [-0.2, 0) is 0 Å². The van der Waals surface area contributed by atoms with Crippen LogP contribution >= 0.6 is 24.0 Å². The van der Waals surface area contributed by atoms with E-state index in [1.54, 1.807) is 12.3 Å². The quantitative estimate of drug-likeness (QED) is 0.718. The molecule has 1 aliphatic heterocycles. The summed E-state index contributed by atoms with van der Waals surface area (Å²) in [7, 11) is 0. The van der Waals surface area contributed by atoms with Crippen molar-refractivity contribution in [3.05, 3.63) is 40.7 Å². The van der Waals surface area contributed by atoms with Crippen molar-refractivity contribution in [2.45, 2.75) is 38.1 Å². The summed E-state index contributed by atoms with van der Waals surface area (Å²) in [5, 5.41) is 0. The van der Waals surface area contributed by atoms with E-state index >= 15 is 0 Å². The minimum absolute atomic E-state index is 0. The number of halogens is 1. The van der Waals surface area contributed by atoms with Crippen LogP contribution in [0.25, 0.3) is 11.5 Å². The Morgan fingerprint density at radius 2 is 2.12 bits per heavy atom. The number of amides is 1. The van der Waals surface area contributed by atoms with E-state index in [4.69, 9.17) is 0 Å². The Labute approximate surface area is 162 Å². The van der Waals surface area contributed by atoms with E-state index < -0.39 is 5.56 Å². The van der Waals surface area contributed by atoms with Crippen LogP contribution in [0.3, 0.4) is 0 Å². The van der Waals surface area contributed by atoms with Crippen molar-refractivity contribution < 1.29 is 4.79 Å². The van der Waals surface area contributed by atoms with Crippen LogP contribution in [0.4, 0.5) is 0 Å². The summed E-state index contributed by atoms with van der Waals surface area (Å²) in [5.74, 6) is 0.879. The largest absolute Gasteiger partial charge is 0.335 e. The molecule has 0 bridgehead atoms. The van der Waals surface area contributed by atoms with Crippen molar-refractivity contribution >= 4 is 29.9 Å². The van der Waals surface area contributed by atoms with Crippen LogP contribution < -0.4 is 5.56 Å². The number of likely N-dealkylation sites (tertiary alicyclic amines) is 1. The number of hydrogen-bond acceptors (Lipinski definition) is 5. The monoisotopic (exact) mass is 453 g/mol. The molecule has 0 radical (unpaired) electrons. The molecule has 2 aromatic heterocycles. The van der Waals surface area contributed by atoms with Crippen molar-refractivity contribution in [1.82, 2.24) is 24.8 Å². The maximum atomic E-state index is 12.6. The zero-order chi connectivity index (χ0) is 16.5. The zero-order valence-corrected chi connectivity index (χ0v) is 16.1. The highest BCUT2D eigenvalue weighted by atomic mass is 127. The van der Waals surface area contributed by atoms with E-state index in [1.165, 1.54) is 31.8 Å². The molecular formula is C17H20IN5O2. The highest BCUT2D eigenvalue weighted by Crippen LogP contribution is 2.35. The molecule has 25 heavy (non-hydrogen) atoms. The van der Waals surface area contributed by atoms with Gasteiger partial charge in [-0.15, -0.1) is 24.0 Å². The minimum atomic E-state index is -0.419. The lowest BCUT2D eigenvalue weighted by molar-refractivity contribution is 0.0360. The van der Waals surface area contributed by atoms with Gasteiger partial charge in [-0.1, -0.05) is 19.3 Å². The first-order valence-corrected chi connectivity index (χ1v) is 8.39. The predicted octanol–water partition coefficient (Wildman–Crippen LogP) is 2.25. The van der Waals surface area contributed by atoms with E-state index in [0.717, 1.165) is 25.3 Å². The first-order valence-electron chi connectivity index (χ1n) is 8.39. The minimum Gasteiger partial charge on any atom is -0.335 e. The van der Waals surface area contributed by atoms with Gasteiger partial charge in [-0.25, -0.2) is 15.0 Å². The fourth-order valence-corrected chi connectivity index (χ4v) is 3.33. The van der Waals surface area contributed by atoms with Crippen molar-refractivity contribution in [3.63, 3.8) is 0 Å². The lowest BCUT2D eigenvalue weighted by Gasteiger charge is -2.44. The Bertz CT molecular complexity index is 806. The Balaban J connectivity index is 0.00000182. The van der Waals surface area contributed by atoms with Gasteiger partial charge in [-0.2, -0.15) is 0 Å². The SMILES string of the molecule is I.O=C(c1cnc(-c2ccncn2)[nH]c1=O)N1CCC1CC1CCC1. The molecule has 2 fully saturated rings. The Morgan fingerprint density at radius 3 is 2.68 bits per heavy atom. The van der Waals surface area contributed by atoms with Crippen LogP contribution in [0, 0.1) is 5.92 Å². The normalized spacial score (nSPS) is 19.5. The first kappa shape index (κ1) is 18.0. The molecule has 2 aromatic rings. The molecule has 7 nitrogen and oxygen atoms in total. The second kappa shape index (κ2) is 7.59. The molecule has 1 aliphatic carbocycles. The number of nitrogens with one attached hydrogen (secondary N) is 1. The van der Waals surface area contributed by atoms with Gasteiger partial charge >= 0.3 is 0 Å². The summed E-state index contributed by atoms with van der Waals surface area (Å²) < 4.78 is 0. The van der Waals surface area contributed by atoms with E-state index in [1.807, 2.05) is 4.90 Å². The average molecular weight is 453 g/mol. The topological polar surface area (TPSA) is 91.8 Å². The van der Waals surface area contributed by atoms with Gasteiger partial charge in [-0.05, 0) is 24.8 Å². The summed E-state index contributed by atoms with van der Waals surface area (Å²) in [4.78, 5) is 41.5. The third kappa shape index (κ3) is 3.58. The van der Waals surface area contributed by atoms with Crippen molar-refractivity contribution in [3.8, 4) is 11.5 Å². The van der Waals surface area contributed by atoms with Gasteiger partial charge < -0.3 is 9.88 Å². The molecule has 1 N–H and O–H groups in total. The molecule has 2 aliphatic rings. The van der Waals surface area contributed by atoms with E-state index in [0.29, 0.717) is 11.5 Å². The van der Waals surface area contributed by atoms with E-state index in [9.17, 15) is 9.59 Å². The van der Waals surface area contributed by atoms with Gasteiger partial charge in [0.15, 0.2) is 5.82 Å². The highest BCUT2D eigenvalue weighted by molar-refractivity contribution is 14.0. The van der Waals surface area contributed by atoms with Gasteiger partial charge in [-0.3, -0.25) is 9.59 Å². The molecule has 1 unspecified atom stereocenters. The van der Waals surface area contributed by atoms with Crippen molar-refractivity contribution in [2.75, 3.05) is 6.54 Å². The number of carbonyl (C=O) groups excluding carboxylic acids is 1. The summed E-state index contributed by atoms with van der Waals surface area (Å²) >= 11 is 0. The van der Waals surface area contributed by atoms with Crippen molar-refractivity contribution in [1.29, 1.82) is 0 Å². The Kier molecular flexibility index (Phi) is 5.45. The number of hydrogen-bond donors (Lipinski definition) is 1. The molecule has 1 saturated heterocycles. The fourth-order valence-electron chi connectivity index (χ4n) is 3.33. The summed E-state index contributed by atoms with van der Waals surface area (Å²) in [5.41, 5.74) is 0.205. The van der Waals surface area contributed by atoms with Crippen LogP contribution in [-0.4, -0.2) is 43.3 Å². The van der Waals surface area contributed by atoms with Gasteiger partial charge in [0, 0.05) is 25.0 Å². The van der Waals surface area contributed by atoms with Gasteiger partial charge in [0.1, 0.15) is 17.6 Å². The lowest BCUT2D eigenvalue weighted by atomic mass is 9.78. The highest BCUT2D eigenvalue weighted by Gasteiger charge is 2.36. The molecule has 0 spiro atoms. The lowest BCUT2D eigenvalue weighted by Crippen LogP contribution is -2.53. The van der Waals surface area contributed by atoms with Crippen molar-refractivity contribution in [2.24, 2.45) is 5.92 Å². The maximum Gasteiger partial charge on any atom is 0.264 e. The van der Waals surface area contributed by atoms with Crippen LogP contribution in [0.5, 0.6) is 0 Å². The smallest absolute Gasteiger partial charge is 0.264 e. The molecular weight excluding hydrogens is 433 g/mol. The van der Waals surface area contributed by atoms with E-state index in [-0.39, 0.29) is 41.5 Å². The predicted molar refractivity (Wildman–Crippen MR) is 103 cm³/mol. The van der Waals surface area contributed by atoms with Gasteiger partial charge in [0.25, 0.3) is 11.5 Å². The number of aromatic nitrogens is 4.